The third kappa shape index (κ3) is 4.64. The fourth-order valence-corrected chi connectivity index (χ4v) is 1.55. The van der Waals surface area contributed by atoms with E-state index in [1.807, 2.05) is 13.8 Å². The van der Waals surface area contributed by atoms with Crippen LogP contribution in [0.2, 0.25) is 0 Å². The van der Waals surface area contributed by atoms with Crippen LogP contribution in [-0.2, 0) is 4.74 Å². The molecule has 0 saturated heterocycles. The topological polar surface area (TPSA) is 68.3 Å². The summed E-state index contributed by atoms with van der Waals surface area (Å²) in [5, 5.41) is 2.53. The number of aromatic nitrogens is 1. The summed E-state index contributed by atoms with van der Waals surface area (Å²) in [5.41, 5.74) is -0.188. The first-order valence-electron chi connectivity index (χ1n) is 6.74. The number of nitrogens with zero attached hydrogens (tertiary/aromatic N) is 1. The summed E-state index contributed by atoms with van der Waals surface area (Å²) in [5.74, 6) is 0.0945. The fourth-order valence-electron chi connectivity index (χ4n) is 1.55. The molecule has 0 fully saturated rings. The van der Waals surface area contributed by atoms with E-state index in [2.05, 4.69) is 10.3 Å². The van der Waals surface area contributed by atoms with Crippen molar-refractivity contribution >= 4 is 17.7 Å². The number of nitrogens with one attached hydrogen (secondary N) is 1. The molecule has 0 spiro atoms. The van der Waals surface area contributed by atoms with Crippen molar-refractivity contribution in [3.05, 3.63) is 23.9 Å². The highest BCUT2D eigenvalue weighted by Crippen LogP contribution is 2.19. The summed E-state index contributed by atoms with van der Waals surface area (Å²) >= 11 is 0. The number of hydrogen-bond donors (Lipinski definition) is 1. The molecule has 0 radical (unpaired) electrons. The fraction of sp³-hybridized carbons (Fsp3) is 0.533. The molecule has 5 nitrogen and oxygen atoms in total. The van der Waals surface area contributed by atoms with Crippen molar-refractivity contribution in [1.82, 2.24) is 4.98 Å². The van der Waals surface area contributed by atoms with Gasteiger partial charge >= 0.3 is 6.09 Å². The lowest BCUT2D eigenvalue weighted by Crippen LogP contribution is -2.28. The highest BCUT2D eigenvalue weighted by molar-refractivity contribution is 6.03. The van der Waals surface area contributed by atoms with Gasteiger partial charge in [-0.25, -0.2) is 9.78 Å². The average Bonchev–Trinajstić information content (AvgIpc) is 2.35. The van der Waals surface area contributed by atoms with Gasteiger partial charge in [-0.3, -0.25) is 10.1 Å². The van der Waals surface area contributed by atoms with Crippen molar-refractivity contribution in [3.8, 4) is 0 Å². The van der Waals surface area contributed by atoms with E-state index in [0.717, 1.165) is 6.42 Å². The van der Waals surface area contributed by atoms with Crippen molar-refractivity contribution < 1.29 is 14.3 Å². The monoisotopic (exact) mass is 278 g/mol. The number of carbonyl (C=O) groups excluding carboxylic acids is 2. The molecule has 1 aromatic heterocycles. The first kappa shape index (κ1) is 16.1. The maximum absolute atomic E-state index is 12.2. The van der Waals surface area contributed by atoms with E-state index in [1.54, 1.807) is 32.9 Å². The number of amides is 1. The molecule has 1 atom stereocenters. The largest absolute Gasteiger partial charge is 0.444 e. The third-order valence-electron chi connectivity index (χ3n) is 2.75. The molecular weight excluding hydrogens is 256 g/mol. The number of carbonyl (C=O) groups is 2. The van der Waals surface area contributed by atoms with Crippen molar-refractivity contribution in [2.24, 2.45) is 5.92 Å². The molecular formula is C15H22N2O3. The Morgan fingerprint density at radius 1 is 1.40 bits per heavy atom. The summed E-state index contributed by atoms with van der Waals surface area (Å²) in [7, 11) is 0. The molecule has 0 bridgehead atoms. The van der Waals surface area contributed by atoms with E-state index in [9.17, 15) is 9.59 Å². The predicted octanol–water partition coefficient (Wildman–Crippen LogP) is 3.66. The van der Waals surface area contributed by atoms with Gasteiger partial charge in [0.15, 0.2) is 5.78 Å². The Kier molecular flexibility index (Phi) is 5.25. The van der Waals surface area contributed by atoms with Crippen LogP contribution in [0.3, 0.4) is 0 Å². The van der Waals surface area contributed by atoms with Crippen LogP contribution in [-0.4, -0.2) is 22.5 Å². The van der Waals surface area contributed by atoms with Crippen LogP contribution in [0.5, 0.6) is 0 Å². The molecule has 1 N–H and O–H groups in total. The Labute approximate surface area is 119 Å². The van der Waals surface area contributed by atoms with Gasteiger partial charge in [-0.05, 0) is 39.3 Å². The average molecular weight is 278 g/mol. The van der Waals surface area contributed by atoms with Gasteiger partial charge in [0.1, 0.15) is 11.4 Å². The molecule has 1 rings (SSSR count). The van der Waals surface area contributed by atoms with E-state index in [4.69, 9.17) is 4.74 Å². The molecule has 0 aliphatic rings. The van der Waals surface area contributed by atoms with Crippen LogP contribution in [0.4, 0.5) is 10.6 Å². The van der Waals surface area contributed by atoms with Crippen molar-refractivity contribution in [1.29, 1.82) is 0 Å². The van der Waals surface area contributed by atoms with E-state index < -0.39 is 11.7 Å². The SMILES string of the molecule is CCC(C)C(=O)c1cccnc1NC(=O)OC(C)(C)C. The highest BCUT2D eigenvalue weighted by Gasteiger charge is 2.21. The van der Waals surface area contributed by atoms with Gasteiger partial charge in [-0.15, -0.1) is 0 Å². The minimum absolute atomic E-state index is 0.0355. The van der Waals surface area contributed by atoms with Crippen LogP contribution in [0, 0.1) is 5.92 Å². The van der Waals surface area contributed by atoms with Gasteiger partial charge in [0.2, 0.25) is 0 Å². The number of ether oxygens (including phenoxy) is 1. The van der Waals surface area contributed by atoms with Gasteiger partial charge in [-0.2, -0.15) is 0 Å². The Bertz CT molecular complexity index is 492. The number of pyridine rings is 1. The smallest absolute Gasteiger partial charge is 0.413 e. The first-order valence-corrected chi connectivity index (χ1v) is 6.74. The second-order valence-corrected chi connectivity index (χ2v) is 5.70. The number of hydrogen-bond acceptors (Lipinski definition) is 4. The molecule has 0 saturated carbocycles. The highest BCUT2D eigenvalue weighted by atomic mass is 16.6. The van der Waals surface area contributed by atoms with Crippen LogP contribution >= 0.6 is 0 Å². The lowest BCUT2D eigenvalue weighted by atomic mass is 9.97. The van der Waals surface area contributed by atoms with Gasteiger partial charge in [0.25, 0.3) is 0 Å². The van der Waals surface area contributed by atoms with Gasteiger partial charge in [0.05, 0.1) is 5.56 Å². The molecule has 1 aromatic rings. The van der Waals surface area contributed by atoms with E-state index in [1.165, 1.54) is 6.20 Å². The number of Topliss-reactive ketones (excluding diaryl/α,β-unsaturated/α-hetero) is 1. The Morgan fingerprint density at radius 2 is 2.05 bits per heavy atom. The number of anilines is 1. The number of ketones is 1. The minimum atomic E-state index is -0.616. The lowest BCUT2D eigenvalue weighted by molar-refractivity contribution is 0.0635. The summed E-state index contributed by atoms with van der Waals surface area (Å²) in [6.45, 7) is 9.12. The number of rotatable bonds is 4. The first-order chi connectivity index (χ1) is 9.24. The molecule has 1 unspecified atom stereocenters. The third-order valence-corrected chi connectivity index (χ3v) is 2.75. The Morgan fingerprint density at radius 3 is 2.60 bits per heavy atom. The van der Waals surface area contributed by atoms with Crippen LogP contribution < -0.4 is 5.32 Å². The van der Waals surface area contributed by atoms with Gasteiger partial charge in [-0.1, -0.05) is 13.8 Å². The Balaban J connectivity index is 2.91. The van der Waals surface area contributed by atoms with Crippen LogP contribution in [0.15, 0.2) is 18.3 Å². The quantitative estimate of drug-likeness (QED) is 0.853. The van der Waals surface area contributed by atoms with E-state index in [0.29, 0.717) is 5.56 Å². The second kappa shape index (κ2) is 6.50. The van der Waals surface area contributed by atoms with Gasteiger partial charge in [0, 0.05) is 12.1 Å². The van der Waals surface area contributed by atoms with Crippen molar-refractivity contribution in [2.45, 2.75) is 46.6 Å². The molecule has 20 heavy (non-hydrogen) atoms. The van der Waals surface area contributed by atoms with Crippen LogP contribution in [0.1, 0.15) is 51.4 Å². The molecule has 5 heteroatoms. The standard InChI is InChI=1S/C15H22N2O3/c1-6-10(2)12(18)11-8-7-9-16-13(11)17-14(19)20-15(3,4)5/h7-10H,6H2,1-5H3,(H,16,17,19). The molecule has 0 aliphatic carbocycles. The van der Waals surface area contributed by atoms with Crippen LogP contribution in [0.25, 0.3) is 0 Å². The predicted molar refractivity (Wildman–Crippen MR) is 77.9 cm³/mol. The summed E-state index contributed by atoms with van der Waals surface area (Å²) in [6.07, 6.45) is 1.65. The lowest BCUT2D eigenvalue weighted by Gasteiger charge is -2.20. The van der Waals surface area contributed by atoms with Gasteiger partial charge < -0.3 is 4.74 Å². The van der Waals surface area contributed by atoms with Crippen molar-refractivity contribution in [2.75, 3.05) is 5.32 Å². The summed E-state index contributed by atoms with van der Waals surface area (Å²) < 4.78 is 5.16. The Hall–Kier alpha value is -1.91. The summed E-state index contributed by atoms with van der Waals surface area (Å²) in [6, 6.07) is 3.34. The molecule has 110 valence electrons. The molecule has 0 aromatic carbocycles. The zero-order chi connectivity index (χ0) is 15.3. The minimum Gasteiger partial charge on any atom is -0.444 e. The normalized spacial score (nSPS) is 12.7. The molecule has 1 heterocycles. The van der Waals surface area contributed by atoms with E-state index in [-0.39, 0.29) is 17.5 Å². The zero-order valence-electron chi connectivity index (χ0n) is 12.7. The molecule has 1 amide bonds. The maximum Gasteiger partial charge on any atom is 0.413 e. The van der Waals surface area contributed by atoms with E-state index >= 15 is 0 Å². The summed E-state index contributed by atoms with van der Waals surface area (Å²) in [4.78, 5) is 28.0. The second-order valence-electron chi connectivity index (χ2n) is 5.70. The maximum atomic E-state index is 12.2. The van der Waals surface area contributed by atoms with Crippen molar-refractivity contribution in [3.63, 3.8) is 0 Å². The zero-order valence-corrected chi connectivity index (χ0v) is 12.7. The molecule has 0 aliphatic heterocycles.